The molecule has 0 aromatic heterocycles. The summed E-state index contributed by atoms with van der Waals surface area (Å²) in [7, 11) is 0. The number of hydrogen-bond donors (Lipinski definition) is 3. The molecule has 1 saturated heterocycles. The van der Waals surface area contributed by atoms with Gasteiger partial charge in [0.1, 0.15) is 0 Å². The molecule has 84 valence electrons. The summed E-state index contributed by atoms with van der Waals surface area (Å²) >= 11 is 0. The smallest absolute Gasteiger partial charge is 0.0938 e. The minimum Gasteiger partial charge on any atom is -0.391 e. The van der Waals surface area contributed by atoms with Crippen molar-refractivity contribution in [1.29, 1.82) is 0 Å². The fourth-order valence-electron chi connectivity index (χ4n) is 1.51. The van der Waals surface area contributed by atoms with E-state index in [2.05, 4.69) is 0 Å². The Labute approximate surface area is 85.2 Å². The van der Waals surface area contributed by atoms with Crippen molar-refractivity contribution < 1.29 is 15.3 Å². The molecule has 14 heavy (non-hydrogen) atoms. The molecule has 0 aliphatic carbocycles. The first-order chi connectivity index (χ1) is 6.30. The Morgan fingerprint density at radius 1 is 1.21 bits per heavy atom. The van der Waals surface area contributed by atoms with Gasteiger partial charge in [0.15, 0.2) is 0 Å². The highest BCUT2D eigenvalue weighted by Gasteiger charge is 2.32. The molecule has 1 rings (SSSR count). The van der Waals surface area contributed by atoms with E-state index in [9.17, 15) is 15.3 Å². The number of aliphatic hydroxyl groups is 3. The first-order valence-corrected chi connectivity index (χ1v) is 5.07. The van der Waals surface area contributed by atoms with E-state index in [1.165, 1.54) is 0 Å². The van der Waals surface area contributed by atoms with Crippen LogP contribution in [-0.2, 0) is 0 Å². The van der Waals surface area contributed by atoms with Crippen molar-refractivity contribution >= 4 is 0 Å². The van der Waals surface area contributed by atoms with Gasteiger partial charge in [0, 0.05) is 19.6 Å². The van der Waals surface area contributed by atoms with Crippen LogP contribution < -0.4 is 0 Å². The van der Waals surface area contributed by atoms with Gasteiger partial charge in [0.25, 0.3) is 0 Å². The molecule has 0 aromatic carbocycles. The summed E-state index contributed by atoms with van der Waals surface area (Å²) < 4.78 is 0. The maximum atomic E-state index is 9.81. The van der Waals surface area contributed by atoms with Crippen LogP contribution in [0.15, 0.2) is 0 Å². The Balaban J connectivity index is 2.40. The monoisotopic (exact) mass is 203 g/mol. The van der Waals surface area contributed by atoms with Gasteiger partial charge in [-0.15, -0.1) is 0 Å². The zero-order chi connectivity index (χ0) is 10.9. The predicted molar refractivity (Wildman–Crippen MR) is 53.9 cm³/mol. The molecular weight excluding hydrogens is 182 g/mol. The summed E-state index contributed by atoms with van der Waals surface area (Å²) in [5.41, 5.74) is -0.154. The minimum absolute atomic E-state index is 0.154. The first kappa shape index (κ1) is 11.9. The van der Waals surface area contributed by atoms with Crippen LogP contribution in [0.3, 0.4) is 0 Å². The van der Waals surface area contributed by atoms with Gasteiger partial charge in [-0.2, -0.15) is 0 Å². The molecule has 3 N–H and O–H groups in total. The van der Waals surface area contributed by atoms with E-state index in [-0.39, 0.29) is 5.41 Å². The van der Waals surface area contributed by atoms with Crippen molar-refractivity contribution in [3.05, 3.63) is 0 Å². The lowest BCUT2D eigenvalue weighted by atomic mass is 9.89. The van der Waals surface area contributed by atoms with Crippen LogP contribution in [0.25, 0.3) is 0 Å². The van der Waals surface area contributed by atoms with Crippen molar-refractivity contribution in [2.45, 2.75) is 39.1 Å². The van der Waals surface area contributed by atoms with Crippen LogP contribution in [0.4, 0.5) is 0 Å². The lowest BCUT2D eigenvalue weighted by Gasteiger charge is -2.29. The maximum absolute atomic E-state index is 9.81. The van der Waals surface area contributed by atoms with Gasteiger partial charge in [0.05, 0.1) is 18.3 Å². The second-order valence-electron chi connectivity index (χ2n) is 5.24. The molecule has 1 fully saturated rings. The van der Waals surface area contributed by atoms with E-state index in [0.29, 0.717) is 19.6 Å². The van der Waals surface area contributed by atoms with Gasteiger partial charge >= 0.3 is 0 Å². The maximum Gasteiger partial charge on any atom is 0.0938 e. The normalized spacial score (nSPS) is 32.1. The van der Waals surface area contributed by atoms with Crippen LogP contribution in [0.2, 0.25) is 0 Å². The lowest BCUT2D eigenvalue weighted by molar-refractivity contribution is 0.0310. The Hall–Kier alpha value is -0.160. The third-order valence-electron chi connectivity index (χ3n) is 2.77. The molecule has 4 nitrogen and oxygen atoms in total. The molecule has 4 heteroatoms. The molecule has 1 aliphatic rings. The number of aliphatic hydroxyl groups excluding tert-OH is 3. The molecule has 3 atom stereocenters. The predicted octanol–water partition coefficient (Wildman–Crippen LogP) is -0.569. The largest absolute Gasteiger partial charge is 0.391 e. The number of likely N-dealkylation sites (tertiary alicyclic amines) is 1. The third kappa shape index (κ3) is 2.92. The Morgan fingerprint density at radius 3 is 2.00 bits per heavy atom. The van der Waals surface area contributed by atoms with Crippen molar-refractivity contribution in [2.75, 3.05) is 19.6 Å². The van der Waals surface area contributed by atoms with Crippen molar-refractivity contribution in [3.63, 3.8) is 0 Å². The highest BCUT2D eigenvalue weighted by atomic mass is 16.3. The van der Waals surface area contributed by atoms with E-state index < -0.39 is 18.3 Å². The SMILES string of the molecule is CC(C)(C)C(O)CN1CC(O)C(O)C1. The van der Waals surface area contributed by atoms with Crippen LogP contribution in [0.5, 0.6) is 0 Å². The second kappa shape index (κ2) is 4.14. The summed E-state index contributed by atoms with van der Waals surface area (Å²) in [6, 6.07) is 0. The van der Waals surface area contributed by atoms with E-state index >= 15 is 0 Å². The standard InChI is InChI=1S/C10H21NO3/c1-10(2,3)9(14)6-11-4-7(12)8(13)5-11/h7-9,12-14H,4-6H2,1-3H3. The molecular formula is C10H21NO3. The van der Waals surface area contributed by atoms with Gasteiger partial charge in [-0.05, 0) is 5.41 Å². The van der Waals surface area contributed by atoms with E-state index in [1.54, 1.807) is 0 Å². The van der Waals surface area contributed by atoms with Crippen LogP contribution in [0, 0.1) is 5.41 Å². The molecule has 0 amide bonds. The Kier molecular flexibility index (Phi) is 3.53. The van der Waals surface area contributed by atoms with Crippen LogP contribution in [0.1, 0.15) is 20.8 Å². The van der Waals surface area contributed by atoms with Crippen molar-refractivity contribution in [1.82, 2.24) is 4.90 Å². The second-order valence-corrected chi connectivity index (χ2v) is 5.24. The van der Waals surface area contributed by atoms with Crippen LogP contribution in [-0.4, -0.2) is 58.2 Å². The molecule has 1 aliphatic heterocycles. The molecule has 0 radical (unpaired) electrons. The van der Waals surface area contributed by atoms with E-state index in [0.717, 1.165) is 0 Å². The molecule has 3 unspecified atom stereocenters. The molecule has 1 heterocycles. The highest BCUT2D eigenvalue weighted by Crippen LogP contribution is 2.21. The average Bonchev–Trinajstić information content (AvgIpc) is 2.29. The topological polar surface area (TPSA) is 63.9 Å². The molecule has 0 bridgehead atoms. The third-order valence-corrected chi connectivity index (χ3v) is 2.77. The molecule has 0 spiro atoms. The van der Waals surface area contributed by atoms with Gasteiger partial charge in [-0.25, -0.2) is 0 Å². The highest BCUT2D eigenvalue weighted by molar-refractivity contribution is 4.86. The van der Waals surface area contributed by atoms with Gasteiger partial charge in [0.2, 0.25) is 0 Å². The van der Waals surface area contributed by atoms with Gasteiger partial charge in [-0.3, -0.25) is 4.90 Å². The zero-order valence-corrected chi connectivity index (χ0v) is 9.14. The Bertz CT molecular complexity index is 180. The lowest BCUT2D eigenvalue weighted by Crippen LogP contribution is -2.39. The summed E-state index contributed by atoms with van der Waals surface area (Å²) in [6.07, 6.45) is -1.76. The number of β-amino-alcohol motifs (C(OH)–C–C–N with tert-alkyl or cyclic N) is 3. The van der Waals surface area contributed by atoms with Gasteiger partial charge in [-0.1, -0.05) is 20.8 Å². The first-order valence-electron chi connectivity index (χ1n) is 5.07. The summed E-state index contributed by atoms with van der Waals surface area (Å²) in [5.74, 6) is 0. The van der Waals surface area contributed by atoms with Crippen molar-refractivity contribution in [2.24, 2.45) is 5.41 Å². The number of hydrogen-bond acceptors (Lipinski definition) is 4. The van der Waals surface area contributed by atoms with E-state index in [4.69, 9.17) is 0 Å². The number of nitrogens with zero attached hydrogens (tertiary/aromatic N) is 1. The number of rotatable bonds is 2. The Morgan fingerprint density at radius 2 is 1.64 bits per heavy atom. The van der Waals surface area contributed by atoms with Crippen molar-refractivity contribution in [3.8, 4) is 0 Å². The average molecular weight is 203 g/mol. The fourth-order valence-corrected chi connectivity index (χ4v) is 1.51. The molecule has 0 aromatic rings. The summed E-state index contributed by atoms with van der Waals surface area (Å²) in [4.78, 5) is 1.89. The fraction of sp³-hybridized carbons (Fsp3) is 1.00. The minimum atomic E-state index is -0.665. The summed E-state index contributed by atoms with van der Waals surface area (Å²) in [5, 5.41) is 28.4. The van der Waals surface area contributed by atoms with E-state index in [1.807, 2.05) is 25.7 Å². The summed E-state index contributed by atoms with van der Waals surface area (Å²) in [6.45, 7) is 7.34. The zero-order valence-electron chi connectivity index (χ0n) is 9.14. The quantitative estimate of drug-likeness (QED) is 0.562. The molecule has 0 saturated carbocycles. The van der Waals surface area contributed by atoms with Crippen LogP contribution >= 0.6 is 0 Å². The van der Waals surface area contributed by atoms with Gasteiger partial charge < -0.3 is 15.3 Å².